The first-order valence-corrected chi connectivity index (χ1v) is 23.5. The lowest BCUT2D eigenvalue weighted by molar-refractivity contribution is -0.889. The van der Waals surface area contributed by atoms with Crippen molar-refractivity contribution in [3.63, 3.8) is 0 Å². The molecule has 11 amide bonds. The zero-order valence-corrected chi connectivity index (χ0v) is 41.1. The Balaban J connectivity index is 1.72. The number of carbonyl (C=O) groups is 12. The van der Waals surface area contributed by atoms with Gasteiger partial charge in [-0.25, -0.2) is 4.79 Å². The largest absolute Gasteiger partial charge is 0.508 e. The molecule has 0 radical (unpaired) electrons. The van der Waals surface area contributed by atoms with E-state index >= 15 is 0 Å². The molecule has 3 unspecified atom stereocenters. The number of rotatable bonds is 18. The van der Waals surface area contributed by atoms with E-state index < -0.39 is 156 Å². The maximum atomic E-state index is 14.7. The number of nitrogens with zero attached hydrogens (tertiary/aromatic N) is 2. The second-order valence-electron chi connectivity index (χ2n) is 18.5. The molecule has 2 aliphatic heterocycles. The molecule has 26 nitrogen and oxygen atoms in total. The Hall–Kier alpha value is -8.00. The van der Waals surface area contributed by atoms with Crippen LogP contribution in [0.4, 0.5) is 5.69 Å². The molecule has 2 aromatic carbocycles. The number of phenols is 1. The minimum absolute atomic E-state index is 0.0705. The monoisotopic (exact) mass is 1020 g/mol. The SMILES string of the molecule is CC[C@H](C)C1NC(=O)C(Cc2ccc(O)cc2)NC(=O)CNC(=O)CC[C@@H](C(=O)N(C)CC(=O)N[C@@](C=O)(CNCC(N)=O)Cc2ccc(N)cc2)[N+]2(C)NC(=O)C[C@H](NC(=O)[C@H](CCC(N)=O)NC1=O)C2=O. The van der Waals surface area contributed by atoms with E-state index in [1.54, 1.807) is 38.1 Å². The molecule has 2 aromatic rings. The molecule has 2 aliphatic rings. The zero-order valence-electron chi connectivity index (χ0n) is 41.1. The van der Waals surface area contributed by atoms with Crippen molar-refractivity contribution in [3.05, 3.63) is 59.7 Å². The number of hydrogen-bond acceptors (Lipinski definition) is 15. The van der Waals surface area contributed by atoms with Gasteiger partial charge in [-0.1, -0.05) is 44.5 Å². The molecule has 0 spiro atoms. The molecule has 0 saturated carbocycles. The van der Waals surface area contributed by atoms with Crippen molar-refractivity contribution < 1.29 is 67.2 Å². The molecule has 2 fully saturated rings. The Kier molecular flexibility index (Phi) is 20.4. The number of aldehydes is 1. The summed E-state index contributed by atoms with van der Waals surface area (Å²) in [5.41, 5.74) is 18.8. The first kappa shape index (κ1) is 57.6. The summed E-state index contributed by atoms with van der Waals surface area (Å²) in [4.78, 5) is 163. The third-order valence-electron chi connectivity index (χ3n) is 12.6. The number of benzene rings is 2. The maximum Gasteiger partial charge on any atom is 0.361 e. The Morgan fingerprint density at radius 2 is 1.51 bits per heavy atom. The molecular formula is C47H66N13O13+. The molecule has 8 atom stereocenters. The maximum absolute atomic E-state index is 14.7. The van der Waals surface area contributed by atoms with E-state index in [-0.39, 0.29) is 31.7 Å². The van der Waals surface area contributed by atoms with Gasteiger partial charge in [0.05, 0.1) is 33.1 Å². The van der Waals surface area contributed by atoms with Gasteiger partial charge < -0.3 is 69.2 Å². The molecule has 26 heteroatoms. The van der Waals surface area contributed by atoms with Gasteiger partial charge in [0.25, 0.3) is 11.8 Å². The average molecular weight is 1020 g/mol. The van der Waals surface area contributed by atoms with Crippen LogP contribution in [-0.2, 0) is 70.4 Å². The van der Waals surface area contributed by atoms with Crippen molar-refractivity contribution in [1.82, 2.24) is 47.5 Å². The Morgan fingerprint density at radius 1 is 0.863 bits per heavy atom. The summed E-state index contributed by atoms with van der Waals surface area (Å²) in [5, 5.41) is 27.8. The highest BCUT2D eigenvalue weighted by atomic mass is 16.3. The summed E-state index contributed by atoms with van der Waals surface area (Å²) in [6, 6.07) is 4.41. The van der Waals surface area contributed by atoms with E-state index in [0.717, 1.165) is 11.9 Å². The van der Waals surface area contributed by atoms with Crippen molar-refractivity contribution in [2.45, 2.75) is 101 Å². The summed E-state index contributed by atoms with van der Waals surface area (Å²) in [5.74, 6) is -10.5. The second-order valence-corrected chi connectivity index (χ2v) is 18.5. The Labute approximate surface area is 420 Å². The van der Waals surface area contributed by atoms with Crippen LogP contribution in [0.15, 0.2) is 48.5 Å². The minimum Gasteiger partial charge on any atom is -0.508 e. The number of primary amides is 2. The van der Waals surface area contributed by atoms with Crippen molar-refractivity contribution in [2.24, 2.45) is 17.4 Å². The molecule has 2 bridgehead atoms. The minimum atomic E-state index is -1.72. The van der Waals surface area contributed by atoms with E-state index in [0.29, 0.717) is 29.5 Å². The first-order valence-electron chi connectivity index (χ1n) is 23.5. The van der Waals surface area contributed by atoms with Crippen molar-refractivity contribution >= 4 is 77.0 Å². The van der Waals surface area contributed by atoms with E-state index in [1.807, 2.05) is 0 Å². The number of nitrogens with two attached hydrogens (primary N) is 3. The quantitative estimate of drug-likeness (QED) is 0.0379. The van der Waals surface area contributed by atoms with Crippen molar-refractivity contribution in [1.29, 1.82) is 0 Å². The van der Waals surface area contributed by atoms with Gasteiger partial charge in [-0.15, -0.1) is 4.59 Å². The fourth-order valence-electron chi connectivity index (χ4n) is 8.34. The van der Waals surface area contributed by atoms with Gasteiger partial charge in [0.2, 0.25) is 47.3 Å². The Morgan fingerprint density at radius 3 is 2.12 bits per heavy atom. The van der Waals surface area contributed by atoms with Crippen LogP contribution in [0.1, 0.15) is 63.5 Å². The fourth-order valence-corrected chi connectivity index (χ4v) is 8.34. The van der Waals surface area contributed by atoms with Crippen LogP contribution in [0.5, 0.6) is 5.75 Å². The highest BCUT2D eigenvalue weighted by Crippen LogP contribution is 2.23. The number of hydrogen-bond donors (Lipinski definition) is 12. The van der Waals surface area contributed by atoms with Gasteiger partial charge >= 0.3 is 5.91 Å². The fraction of sp³-hybridized carbons (Fsp3) is 0.489. The summed E-state index contributed by atoms with van der Waals surface area (Å²) in [6.45, 7) is 1.25. The zero-order chi connectivity index (χ0) is 54.2. The number of fused-ring (bicyclic) bond motifs is 2. The first-order chi connectivity index (χ1) is 34.4. The summed E-state index contributed by atoms with van der Waals surface area (Å²) in [6.07, 6.45) is -2.10. The standard InChI is InChI=1S/C47H65N13O13/c1-5-26(2)41-44(71)54-31(14-16-35(49)63)42(69)55-33-19-38(66)58-60(4,46(33)73)34(15-17-37(65)52-22-39(67)53-32(43(70)56-41)18-27-8-12-30(62)13-9-27)45(72)59(3)23-40(68)57-47(25-61,24-51-21-36(50)64)20-28-6-10-29(48)11-7-28/h6-13,25-26,31-34,41,51H,5,14-24,48H2,1-4H3,(H11-,49,50,52,53,54,55,56,57,58,62,63,64,65,66,67,68,69,70,71)/p+1/t26-,31-,32?,33-,34-,41?,47+,60?/m0/s1. The highest BCUT2D eigenvalue weighted by Gasteiger charge is 2.55. The number of phenolic OH excluding ortho intramolecular Hbond substituents is 1. The van der Waals surface area contributed by atoms with Gasteiger partial charge in [0, 0.05) is 51.4 Å². The smallest absolute Gasteiger partial charge is 0.361 e. The van der Waals surface area contributed by atoms with E-state index in [9.17, 15) is 62.6 Å². The van der Waals surface area contributed by atoms with Crippen LogP contribution in [-0.4, -0.2) is 162 Å². The van der Waals surface area contributed by atoms with Gasteiger partial charge in [0.15, 0.2) is 12.1 Å². The number of quaternary nitrogens is 1. The Bertz CT molecular complexity index is 2420. The lowest BCUT2D eigenvalue weighted by Gasteiger charge is -2.43. The van der Waals surface area contributed by atoms with Crippen LogP contribution in [0.3, 0.4) is 0 Å². The number of nitrogens with one attached hydrogen (secondary N) is 8. The molecule has 4 rings (SSSR count). The molecular weight excluding hydrogens is 955 g/mol. The van der Waals surface area contributed by atoms with Crippen LogP contribution in [0.2, 0.25) is 0 Å². The van der Waals surface area contributed by atoms with E-state index in [1.165, 1.54) is 31.3 Å². The predicted molar refractivity (Wildman–Crippen MR) is 259 cm³/mol. The van der Waals surface area contributed by atoms with E-state index in [4.69, 9.17) is 17.2 Å². The highest BCUT2D eigenvalue weighted by molar-refractivity contribution is 5.98. The van der Waals surface area contributed by atoms with Gasteiger partial charge in [-0.2, -0.15) is 5.43 Å². The van der Waals surface area contributed by atoms with E-state index in [2.05, 4.69) is 42.6 Å². The van der Waals surface area contributed by atoms with Gasteiger partial charge in [-0.3, -0.25) is 47.9 Å². The third kappa shape index (κ3) is 16.5. The van der Waals surface area contributed by atoms with Gasteiger partial charge in [-0.05, 0) is 47.7 Å². The molecule has 0 aliphatic carbocycles. The second kappa shape index (κ2) is 25.9. The number of carbonyl (C=O) groups excluding carboxylic acids is 12. The van der Waals surface area contributed by atoms with Crippen molar-refractivity contribution in [2.75, 3.05) is 46.0 Å². The number of amides is 11. The average Bonchev–Trinajstić information content (AvgIpc) is 3.32. The lowest BCUT2D eigenvalue weighted by Crippen LogP contribution is -2.76. The molecule has 396 valence electrons. The number of nitrogen functional groups attached to an aromatic ring is 1. The van der Waals surface area contributed by atoms with Crippen LogP contribution >= 0.6 is 0 Å². The van der Waals surface area contributed by atoms with Crippen LogP contribution in [0, 0.1) is 5.92 Å². The summed E-state index contributed by atoms with van der Waals surface area (Å²) in [7, 11) is 2.32. The number of aromatic hydroxyl groups is 1. The number of anilines is 1. The molecule has 2 heterocycles. The summed E-state index contributed by atoms with van der Waals surface area (Å²) >= 11 is 0. The van der Waals surface area contributed by atoms with Gasteiger partial charge in [0.1, 0.15) is 35.7 Å². The molecule has 15 N–H and O–H groups in total. The summed E-state index contributed by atoms with van der Waals surface area (Å²) < 4.78 is -1.27. The predicted octanol–water partition coefficient (Wildman–Crippen LogP) is -4.72. The molecule has 0 aromatic heterocycles. The normalized spacial score (nSPS) is 23.6. The van der Waals surface area contributed by atoms with Crippen molar-refractivity contribution in [3.8, 4) is 5.75 Å². The molecule has 73 heavy (non-hydrogen) atoms. The lowest BCUT2D eigenvalue weighted by atomic mass is 9.91. The topological polar surface area (TPSA) is 403 Å². The third-order valence-corrected chi connectivity index (χ3v) is 12.6. The number of likely N-dealkylation sites (N-methyl/N-ethyl adjacent to an activating group) is 2. The molecule has 2 saturated heterocycles. The van der Waals surface area contributed by atoms with Crippen LogP contribution < -0.4 is 59.8 Å². The van der Waals surface area contributed by atoms with Crippen LogP contribution in [0.25, 0.3) is 0 Å².